The van der Waals surface area contributed by atoms with E-state index in [1.165, 1.54) is 0 Å². The molecule has 3 aromatic rings. The Kier molecular flexibility index (Phi) is 3.52. The lowest BCUT2D eigenvalue weighted by Gasteiger charge is -2.00. The van der Waals surface area contributed by atoms with Gasteiger partial charge in [-0.2, -0.15) is 0 Å². The summed E-state index contributed by atoms with van der Waals surface area (Å²) in [4.78, 5) is 4.48. The van der Waals surface area contributed by atoms with Gasteiger partial charge in [0.05, 0.1) is 20.7 Å². The molecule has 0 aliphatic heterocycles. The fourth-order valence-corrected chi connectivity index (χ4v) is 3.41. The maximum absolute atomic E-state index is 6.25. The average Bonchev–Trinajstić information content (AvgIpc) is 2.80. The van der Waals surface area contributed by atoms with E-state index in [1.54, 1.807) is 6.07 Å². The van der Waals surface area contributed by atoms with Gasteiger partial charge in [-0.25, -0.2) is 4.98 Å². The highest BCUT2D eigenvalue weighted by atomic mass is 79.9. The molecule has 3 rings (SSSR count). The monoisotopic (exact) mass is 414 g/mol. The number of hydrogen-bond donors (Lipinski definition) is 1. The second-order valence-electron chi connectivity index (χ2n) is 4.44. The molecule has 0 bridgehead atoms. The van der Waals surface area contributed by atoms with Crippen LogP contribution < -0.4 is 5.73 Å². The molecule has 2 aromatic carbocycles. The van der Waals surface area contributed by atoms with E-state index in [2.05, 4.69) is 36.8 Å². The third kappa shape index (κ3) is 2.24. The highest BCUT2D eigenvalue weighted by molar-refractivity contribution is 9.11. The Morgan fingerprint density at radius 2 is 2.00 bits per heavy atom. The SMILES string of the molecule is Cc1ccc(-c2nc3c(Br)c(N)c(Br)cc3o2)c(Cl)c1. The Hall–Kier alpha value is -1.04. The summed E-state index contributed by atoms with van der Waals surface area (Å²) in [6.07, 6.45) is 0. The van der Waals surface area contributed by atoms with Gasteiger partial charge in [-0.3, -0.25) is 0 Å². The highest BCUT2D eigenvalue weighted by Gasteiger charge is 2.16. The highest BCUT2D eigenvalue weighted by Crippen LogP contribution is 2.38. The van der Waals surface area contributed by atoms with E-state index in [1.807, 2.05) is 25.1 Å². The van der Waals surface area contributed by atoms with Crippen LogP contribution in [-0.4, -0.2) is 4.98 Å². The van der Waals surface area contributed by atoms with Gasteiger partial charge < -0.3 is 10.2 Å². The number of oxazole rings is 1. The first-order chi connectivity index (χ1) is 9.47. The maximum atomic E-state index is 6.25. The molecule has 0 aliphatic rings. The molecule has 0 spiro atoms. The molecule has 0 unspecified atom stereocenters. The van der Waals surface area contributed by atoms with E-state index in [9.17, 15) is 0 Å². The molecule has 0 radical (unpaired) electrons. The molecule has 0 amide bonds. The second kappa shape index (κ2) is 5.06. The number of nitrogen functional groups attached to an aromatic ring is 1. The molecule has 20 heavy (non-hydrogen) atoms. The Morgan fingerprint density at radius 1 is 1.25 bits per heavy atom. The van der Waals surface area contributed by atoms with E-state index in [0.29, 0.717) is 32.2 Å². The van der Waals surface area contributed by atoms with Crippen LogP contribution >= 0.6 is 43.5 Å². The maximum Gasteiger partial charge on any atom is 0.228 e. The number of rotatable bonds is 1. The van der Waals surface area contributed by atoms with Gasteiger partial charge in [-0.05, 0) is 62.5 Å². The van der Waals surface area contributed by atoms with Crippen molar-refractivity contribution < 1.29 is 4.42 Å². The minimum atomic E-state index is 0.475. The number of nitrogens with two attached hydrogens (primary N) is 1. The third-order valence-corrected chi connectivity index (χ3v) is 4.74. The number of fused-ring (bicyclic) bond motifs is 1. The summed E-state index contributed by atoms with van der Waals surface area (Å²) in [7, 11) is 0. The molecule has 2 N–H and O–H groups in total. The van der Waals surface area contributed by atoms with Gasteiger partial charge in [0.25, 0.3) is 0 Å². The van der Waals surface area contributed by atoms with Crippen LogP contribution in [0.1, 0.15) is 5.56 Å². The van der Waals surface area contributed by atoms with Gasteiger partial charge in [-0.15, -0.1) is 0 Å². The van der Waals surface area contributed by atoms with Crippen molar-refractivity contribution in [2.24, 2.45) is 0 Å². The molecule has 1 aromatic heterocycles. The number of anilines is 1. The van der Waals surface area contributed by atoms with Crippen molar-refractivity contribution in [2.45, 2.75) is 6.92 Å². The molecule has 0 saturated heterocycles. The smallest absolute Gasteiger partial charge is 0.228 e. The summed E-state index contributed by atoms with van der Waals surface area (Å²) in [5.74, 6) is 0.475. The molecule has 0 aliphatic carbocycles. The van der Waals surface area contributed by atoms with Crippen LogP contribution in [0.3, 0.4) is 0 Å². The van der Waals surface area contributed by atoms with Crippen LogP contribution in [0.5, 0.6) is 0 Å². The number of nitrogens with zero attached hydrogens (tertiary/aromatic N) is 1. The van der Waals surface area contributed by atoms with Gasteiger partial charge in [-0.1, -0.05) is 17.7 Å². The molecule has 6 heteroatoms. The number of aryl methyl sites for hydroxylation is 1. The Morgan fingerprint density at radius 3 is 2.70 bits per heavy atom. The lowest BCUT2D eigenvalue weighted by atomic mass is 10.1. The summed E-state index contributed by atoms with van der Waals surface area (Å²) >= 11 is 13.1. The first kappa shape index (κ1) is 13.9. The predicted molar refractivity (Wildman–Crippen MR) is 89.0 cm³/mol. The summed E-state index contributed by atoms with van der Waals surface area (Å²) in [5.41, 5.74) is 9.70. The van der Waals surface area contributed by atoms with Gasteiger partial charge in [0.1, 0.15) is 5.52 Å². The lowest BCUT2D eigenvalue weighted by Crippen LogP contribution is -1.88. The molecule has 0 saturated carbocycles. The first-order valence-electron chi connectivity index (χ1n) is 5.78. The number of benzene rings is 2. The molecule has 0 atom stereocenters. The zero-order valence-corrected chi connectivity index (χ0v) is 14.3. The zero-order valence-electron chi connectivity index (χ0n) is 10.4. The standard InChI is InChI=1S/C14H9Br2ClN2O/c1-6-2-3-7(9(17)4-6)14-19-13-10(20-14)5-8(15)12(18)11(13)16/h2-5H,18H2,1H3. The van der Waals surface area contributed by atoms with E-state index >= 15 is 0 Å². The summed E-state index contributed by atoms with van der Waals surface area (Å²) in [6.45, 7) is 1.98. The Balaban J connectivity index is 2.26. The second-order valence-corrected chi connectivity index (χ2v) is 6.49. The molecule has 0 fully saturated rings. The molecule has 102 valence electrons. The first-order valence-corrected chi connectivity index (χ1v) is 7.74. The summed E-state index contributed by atoms with van der Waals surface area (Å²) in [6, 6.07) is 7.54. The summed E-state index contributed by atoms with van der Waals surface area (Å²) in [5, 5.41) is 0.611. The van der Waals surface area contributed by atoms with Crippen molar-refractivity contribution in [1.29, 1.82) is 0 Å². The van der Waals surface area contributed by atoms with Crippen LogP contribution in [0, 0.1) is 6.92 Å². The van der Waals surface area contributed by atoms with Crippen molar-refractivity contribution in [3.05, 3.63) is 43.8 Å². The summed E-state index contributed by atoms with van der Waals surface area (Å²) < 4.78 is 7.25. The largest absolute Gasteiger partial charge is 0.436 e. The lowest BCUT2D eigenvalue weighted by molar-refractivity contribution is 0.619. The van der Waals surface area contributed by atoms with E-state index in [0.717, 1.165) is 15.6 Å². The average molecular weight is 416 g/mol. The molecular weight excluding hydrogens is 407 g/mol. The van der Waals surface area contributed by atoms with Crippen molar-refractivity contribution >= 4 is 60.2 Å². The van der Waals surface area contributed by atoms with E-state index < -0.39 is 0 Å². The van der Waals surface area contributed by atoms with Crippen LogP contribution in [0.2, 0.25) is 5.02 Å². The van der Waals surface area contributed by atoms with Crippen LogP contribution in [-0.2, 0) is 0 Å². The fraction of sp³-hybridized carbons (Fsp3) is 0.0714. The van der Waals surface area contributed by atoms with Crippen LogP contribution in [0.15, 0.2) is 37.6 Å². The van der Waals surface area contributed by atoms with Crippen molar-refractivity contribution in [2.75, 3.05) is 5.73 Å². The normalized spacial score (nSPS) is 11.2. The van der Waals surface area contributed by atoms with Gasteiger partial charge in [0.2, 0.25) is 5.89 Å². The van der Waals surface area contributed by atoms with Crippen molar-refractivity contribution in [3.8, 4) is 11.5 Å². The number of halogens is 3. The van der Waals surface area contributed by atoms with Crippen molar-refractivity contribution in [3.63, 3.8) is 0 Å². The Bertz CT molecular complexity index is 830. The number of hydrogen-bond acceptors (Lipinski definition) is 3. The van der Waals surface area contributed by atoms with Crippen LogP contribution in [0.25, 0.3) is 22.6 Å². The van der Waals surface area contributed by atoms with Crippen molar-refractivity contribution in [1.82, 2.24) is 4.98 Å². The zero-order chi connectivity index (χ0) is 14.4. The topological polar surface area (TPSA) is 52.0 Å². The molecule has 1 heterocycles. The van der Waals surface area contributed by atoms with E-state index in [4.69, 9.17) is 21.8 Å². The fourth-order valence-electron chi connectivity index (χ4n) is 1.92. The third-order valence-electron chi connectivity index (χ3n) is 2.97. The van der Waals surface area contributed by atoms with Crippen LogP contribution in [0.4, 0.5) is 5.69 Å². The van der Waals surface area contributed by atoms with Gasteiger partial charge in [0, 0.05) is 4.47 Å². The Labute approximate surface area is 137 Å². The predicted octanol–water partition coefficient (Wildman–Crippen LogP) is 5.56. The van der Waals surface area contributed by atoms with E-state index in [-0.39, 0.29) is 0 Å². The molecule has 3 nitrogen and oxygen atoms in total. The van der Waals surface area contributed by atoms with Gasteiger partial charge >= 0.3 is 0 Å². The number of aromatic nitrogens is 1. The minimum Gasteiger partial charge on any atom is -0.436 e. The molecular formula is C14H9Br2ClN2O. The quantitative estimate of drug-likeness (QED) is 0.528. The van der Waals surface area contributed by atoms with Gasteiger partial charge in [0.15, 0.2) is 5.58 Å². The minimum absolute atomic E-state index is 0.475.